The molecule has 0 saturated heterocycles. The predicted molar refractivity (Wildman–Crippen MR) is 82.4 cm³/mol. The van der Waals surface area contributed by atoms with Crippen molar-refractivity contribution in [3.63, 3.8) is 0 Å². The molecule has 0 amide bonds. The van der Waals surface area contributed by atoms with Crippen LogP contribution in [0.25, 0.3) is 0 Å². The van der Waals surface area contributed by atoms with Crippen LogP contribution in [0.2, 0.25) is 0 Å². The molecule has 0 atom stereocenters. The van der Waals surface area contributed by atoms with Gasteiger partial charge in [-0.1, -0.05) is 12.2 Å². The third-order valence-corrected chi connectivity index (χ3v) is 2.87. The summed E-state index contributed by atoms with van der Waals surface area (Å²) in [5, 5.41) is 0. The Hall–Kier alpha value is -1.24. The number of nitrogens with zero attached hydrogens (tertiary/aromatic N) is 1. The lowest BCUT2D eigenvalue weighted by atomic mass is 10.1. The standard InChI is InChI=1S/C14H22N2O3S/c1-10-9-12(13(14(15)20)11(2)16-10)19-6-4-5-18-8-7-17-3/h9H,4-8H2,1-3H3,(H2,15,20). The molecule has 0 spiro atoms. The Morgan fingerprint density at radius 1 is 1.25 bits per heavy atom. The van der Waals surface area contributed by atoms with Crippen LogP contribution >= 0.6 is 12.2 Å². The third kappa shape index (κ3) is 5.40. The van der Waals surface area contributed by atoms with Gasteiger partial charge in [0.2, 0.25) is 0 Å². The lowest BCUT2D eigenvalue weighted by Crippen LogP contribution is -2.16. The van der Waals surface area contributed by atoms with Crippen LogP contribution in [0.1, 0.15) is 23.4 Å². The molecule has 0 radical (unpaired) electrons. The van der Waals surface area contributed by atoms with Gasteiger partial charge in [0.25, 0.3) is 0 Å². The summed E-state index contributed by atoms with van der Waals surface area (Å²) in [5.41, 5.74) is 8.12. The van der Waals surface area contributed by atoms with Crippen molar-refractivity contribution in [3.8, 4) is 5.75 Å². The fraction of sp³-hybridized carbons (Fsp3) is 0.571. The molecule has 0 aliphatic carbocycles. The Balaban J connectivity index is 2.49. The van der Waals surface area contributed by atoms with Gasteiger partial charge in [-0.3, -0.25) is 4.98 Å². The molecule has 20 heavy (non-hydrogen) atoms. The zero-order valence-electron chi connectivity index (χ0n) is 12.3. The van der Waals surface area contributed by atoms with Crippen LogP contribution in [0.3, 0.4) is 0 Å². The molecule has 1 rings (SSSR count). The number of hydrogen-bond acceptors (Lipinski definition) is 5. The van der Waals surface area contributed by atoms with Crippen molar-refractivity contribution in [3.05, 3.63) is 23.0 Å². The molecule has 1 aromatic heterocycles. The molecule has 0 aliphatic heterocycles. The molecule has 0 aromatic carbocycles. The van der Waals surface area contributed by atoms with Crippen molar-refractivity contribution < 1.29 is 14.2 Å². The van der Waals surface area contributed by atoms with Crippen LogP contribution < -0.4 is 10.5 Å². The van der Waals surface area contributed by atoms with Crippen LogP contribution in [-0.2, 0) is 9.47 Å². The number of rotatable bonds is 9. The minimum absolute atomic E-state index is 0.307. The Morgan fingerprint density at radius 3 is 2.65 bits per heavy atom. The van der Waals surface area contributed by atoms with Crippen molar-refractivity contribution in [2.75, 3.05) is 33.5 Å². The van der Waals surface area contributed by atoms with E-state index in [0.717, 1.165) is 17.8 Å². The van der Waals surface area contributed by atoms with E-state index in [1.807, 2.05) is 19.9 Å². The second-order valence-electron chi connectivity index (χ2n) is 4.39. The van der Waals surface area contributed by atoms with E-state index in [1.165, 1.54) is 0 Å². The Bertz CT molecular complexity index is 452. The van der Waals surface area contributed by atoms with E-state index in [1.54, 1.807) is 7.11 Å². The number of hydrogen-bond donors (Lipinski definition) is 1. The van der Waals surface area contributed by atoms with E-state index < -0.39 is 0 Å². The zero-order chi connectivity index (χ0) is 15.0. The predicted octanol–water partition coefficient (Wildman–Crippen LogP) is 1.76. The second-order valence-corrected chi connectivity index (χ2v) is 4.83. The maximum Gasteiger partial charge on any atom is 0.133 e. The zero-order valence-corrected chi connectivity index (χ0v) is 13.1. The first-order valence-electron chi connectivity index (χ1n) is 6.53. The van der Waals surface area contributed by atoms with Gasteiger partial charge in [-0.25, -0.2) is 0 Å². The first-order chi connectivity index (χ1) is 9.56. The van der Waals surface area contributed by atoms with E-state index in [0.29, 0.717) is 42.7 Å². The van der Waals surface area contributed by atoms with E-state index in [-0.39, 0.29) is 0 Å². The first-order valence-corrected chi connectivity index (χ1v) is 6.94. The minimum atomic E-state index is 0.307. The summed E-state index contributed by atoms with van der Waals surface area (Å²) >= 11 is 5.05. The number of methoxy groups -OCH3 is 1. The molecule has 112 valence electrons. The van der Waals surface area contributed by atoms with Crippen LogP contribution in [0.4, 0.5) is 0 Å². The van der Waals surface area contributed by atoms with E-state index in [9.17, 15) is 0 Å². The monoisotopic (exact) mass is 298 g/mol. The van der Waals surface area contributed by atoms with Crippen molar-refractivity contribution in [2.45, 2.75) is 20.3 Å². The molecule has 2 N–H and O–H groups in total. The lowest BCUT2D eigenvalue weighted by Gasteiger charge is -2.13. The summed E-state index contributed by atoms with van der Waals surface area (Å²) in [5.74, 6) is 0.694. The topological polar surface area (TPSA) is 66.6 Å². The van der Waals surface area contributed by atoms with Gasteiger partial charge in [-0.15, -0.1) is 0 Å². The average Bonchev–Trinajstić information content (AvgIpc) is 2.36. The molecule has 0 fully saturated rings. The smallest absolute Gasteiger partial charge is 0.133 e. The van der Waals surface area contributed by atoms with E-state index in [2.05, 4.69) is 4.98 Å². The van der Waals surface area contributed by atoms with Crippen LogP contribution in [0.15, 0.2) is 6.07 Å². The van der Waals surface area contributed by atoms with Gasteiger partial charge in [0, 0.05) is 31.9 Å². The first kappa shape index (κ1) is 16.8. The maximum absolute atomic E-state index is 5.75. The fourth-order valence-electron chi connectivity index (χ4n) is 1.79. The Morgan fingerprint density at radius 2 is 2.00 bits per heavy atom. The largest absolute Gasteiger partial charge is 0.493 e. The van der Waals surface area contributed by atoms with E-state index >= 15 is 0 Å². The van der Waals surface area contributed by atoms with E-state index in [4.69, 9.17) is 32.2 Å². The van der Waals surface area contributed by atoms with Crippen molar-refractivity contribution >= 4 is 17.2 Å². The minimum Gasteiger partial charge on any atom is -0.493 e. The highest BCUT2D eigenvalue weighted by molar-refractivity contribution is 7.80. The molecular weight excluding hydrogens is 276 g/mol. The average molecular weight is 298 g/mol. The highest BCUT2D eigenvalue weighted by Crippen LogP contribution is 2.22. The quantitative estimate of drug-likeness (QED) is 0.553. The number of pyridine rings is 1. The summed E-state index contributed by atoms with van der Waals surface area (Å²) in [4.78, 5) is 4.65. The van der Waals surface area contributed by atoms with Crippen molar-refractivity contribution in [1.82, 2.24) is 4.98 Å². The van der Waals surface area contributed by atoms with Crippen molar-refractivity contribution in [1.29, 1.82) is 0 Å². The second kappa shape index (κ2) is 8.84. The van der Waals surface area contributed by atoms with Gasteiger partial charge in [0.1, 0.15) is 10.7 Å². The van der Waals surface area contributed by atoms with Gasteiger partial charge in [-0.2, -0.15) is 0 Å². The van der Waals surface area contributed by atoms with Gasteiger partial charge >= 0.3 is 0 Å². The summed E-state index contributed by atoms with van der Waals surface area (Å²) in [6, 6.07) is 1.85. The summed E-state index contributed by atoms with van der Waals surface area (Å²) in [7, 11) is 1.65. The molecule has 1 heterocycles. The van der Waals surface area contributed by atoms with Crippen LogP contribution in [0, 0.1) is 13.8 Å². The van der Waals surface area contributed by atoms with Crippen LogP contribution in [-0.4, -0.2) is 43.5 Å². The lowest BCUT2D eigenvalue weighted by molar-refractivity contribution is 0.0644. The number of ether oxygens (including phenoxy) is 3. The fourth-order valence-corrected chi connectivity index (χ4v) is 2.04. The van der Waals surface area contributed by atoms with Crippen molar-refractivity contribution in [2.24, 2.45) is 5.73 Å². The highest BCUT2D eigenvalue weighted by atomic mass is 32.1. The number of aromatic nitrogens is 1. The normalized spacial score (nSPS) is 10.6. The molecule has 0 aliphatic rings. The molecule has 5 nitrogen and oxygen atoms in total. The van der Waals surface area contributed by atoms with Gasteiger partial charge in [0.15, 0.2) is 0 Å². The molecule has 1 aromatic rings. The Kier molecular flexibility index (Phi) is 7.43. The molecule has 6 heteroatoms. The third-order valence-electron chi connectivity index (χ3n) is 2.66. The SMILES string of the molecule is COCCOCCCOc1cc(C)nc(C)c1C(N)=S. The van der Waals surface area contributed by atoms with Gasteiger partial charge < -0.3 is 19.9 Å². The van der Waals surface area contributed by atoms with Gasteiger partial charge in [-0.05, 0) is 13.8 Å². The molecular formula is C14H22N2O3S. The number of nitrogens with two attached hydrogens (primary N) is 1. The molecule has 0 unspecified atom stereocenters. The van der Waals surface area contributed by atoms with Gasteiger partial charge in [0.05, 0.1) is 31.1 Å². The Labute approximate surface area is 125 Å². The number of thiocarbonyl (C=S) groups is 1. The summed E-state index contributed by atoms with van der Waals surface area (Å²) in [6.07, 6.45) is 0.793. The summed E-state index contributed by atoms with van der Waals surface area (Å²) in [6.45, 7) is 6.18. The molecule has 0 bridgehead atoms. The highest BCUT2D eigenvalue weighted by Gasteiger charge is 2.12. The maximum atomic E-state index is 5.75. The summed E-state index contributed by atoms with van der Waals surface area (Å²) < 4.78 is 16.0. The molecule has 0 saturated carbocycles. The van der Waals surface area contributed by atoms with Crippen LogP contribution in [0.5, 0.6) is 5.75 Å². The number of aryl methyl sites for hydroxylation is 2.